The van der Waals surface area contributed by atoms with E-state index in [4.69, 9.17) is 0 Å². The maximum atomic E-state index is 12.6. The molecule has 3 rings (SSSR count). The first-order valence-electron chi connectivity index (χ1n) is 10.6. The van der Waals surface area contributed by atoms with E-state index in [1.165, 1.54) is 0 Å². The molecule has 0 fully saturated rings. The fourth-order valence-electron chi connectivity index (χ4n) is 3.86. The average molecular weight is 423 g/mol. The van der Waals surface area contributed by atoms with Crippen molar-refractivity contribution in [1.29, 1.82) is 0 Å². The maximum Gasteiger partial charge on any atom is 0.325 e. The van der Waals surface area contributed by atoms with Crippen LogP contribution in [0.1, 0.15) is 47.3 Å². The van der Waals surface area contributed by atoms with Gasteiger partial charge in [0.25, 0.3) is 5.91 Å². The number of amides is 4. The lowest BCUT2D eigenvalue weighted by Gasteiger charge is -2.31. The highest BCUT2D eigenvalue weighted by atomic mass is 16.2. The molecule has 1 heterocycles. The van der Waals surface area contributed by atoms with Crippen LogP contribution in [0.25, 0.3) is 0 Å². The molecule has 7 nitrogen and oxygen atoms in total. The minimum atomic E-state index is -0.556. The Balaban J connectivity index is 1.66. The van der Waals surface area contributed by atoms with Crippen molar-refractivity contribution in [1.82, 2.24) is 10.6 Å². The van der Waals surface area contributed by atoms with Crippen molar-refractivity contribution in [3.05, 3.63) is 58.7 Å². The first-order chi connectivity index (χ1) is 14.7. The van der Waals surface area contributed by atoms with Crippen molar-refractivity contribution >= 4 is 29.2 Å². The van der Waals surface area contributed by atoms with Crippen LogP contribution in [0.4, 0.5) is 16.2 Å². The van der Waals surface area contributed by atoms with Crippen molar-refractivity contribution < 1.29 is 14.4 Å². The summed E-state index contributed by atoms with van der Waals surface area (Å²) in [6.07, 6.45) is 1.61. The molecule has 1 aliphatic heterocycles. The van der Waals surface area contributed by atoms with Gasteiger partial charge in [-0.3, -0.25) is 14.9 Å². The minimum absolute atomic E-state index is 0.0442. The second-order valence-electron chi connectivity index (χ2n) is 8.28. The number of carbonyl (C=O) groups is 3. The number of imide groups is 1. The zero-order valence-electron chi connectivity index (χ0n) is 18.5. The molecule has 2 aromatic carbocycles. The van der Waals surface area contributed by atoms with Crippen LogP contribution in [-0.4, -0.2) is 37.0 Å². The second-order valence-corrected chi connectivity index (χ2v) is 8.28. The van der Waals surface area contributed by atoms with Crippen molar-refractivity contribution in [2.24, 2.45) is 0 Å². The van der Waals surface area contributed by atoms with Gasteiger partial charge in [-0.2, -0.15) is 0 Å². The predicted octanol–water partition coefficient (Wildman–Crippen LogP) is 3.54. The molecule has 31 heavy (non-hydrogen) atoms. The number of nitrogens with one attached hydrogen (secondary N) is 3. The SMILES string of the molecule is Cc1ccc(NC(=O)NC(=O)CN2CCCc3c(C(=O)NC(C)C)cccc32)c(C)c1. The fraction of sp³-hybridized carbons (Fsp3) is 0.375. The molecule has 7 heteroatoms. The molecule has 0 unspecified atom stereocenters. The van der Waals surface area contributed by atoms with Crippen LogP contribution in [0.15, 0.2) is 36.4 Å². The van der Waals surface area contributed by atoms with Crippen LogP contribution in [-0.2, 0) is 11.2 Å². The smallest absolute Gasteiger partial charge is 0.325 e. The Bertz CT molecular complexity index is 1000. The number of anilines is 2. The predicted molar refractivity (Wildman–Crippen MR) is 123 cm³/mol. The summed E-state index contributed by atoms with van der Waals surface area (Å²) >= 11 is 0. The summed E-state index contributed by atoms with van der Waals surface area (Å²) in [6, 6.07) is 10.7. The average Bonchev–Trinajstić information content (AvgIpc) is 2.69. The van der Waals surface area contributed by atoms with E-state index in [1.807, 2.05) is 69.0 Å². The number of carbonyl (C=O) groups excluding carboxylic acids is 3. The molecule has 0 aromatic heterocycles. The van der Waals surface area contributed by atoms with Gasteiger partial charge in [-0.05, 0) is 69.9 Å². The topological polar surface area (TPSA) is 90.5 Å². The molecule has 1 aliphatic rings. The van der Waals surface area contributed by atoms with E-state index in [0.717, 1.165) is 35.2 Å². The van der Waals surface area contributed by atoms with Gasteiger partial charge < -0.3 is 15.5 Å². The molecular formula is C24H30N4O3. The van der Waals surface area contributed by atoms with Gasteiger partial charge in [-0.25, -0.2) is 4.79 Å². The van der Waals surface area contributed by atoms with Gasteiger partial charge in [-0.15, -0.1) is 0 Å². The number of fused-ring (bicyclic) bond motifs is 1. The van der Waals surface area contributed by atoms with Crippen LogP contribution < -0.4 is 20.9 Å². The Labute approximate surface area is 183 Å². The molecule has 3 N–H and O–H groups in total. The van der Waals surface area contributed by atoms with Crippen molar-refractivity contribution in [3.8, 4) is 0 Å². The number of aryl methyl sites for hydroxylation is 2. The number of nitrogens with zero attached hydrogens (tertiary/aromatic N) is 1. The lowest BCUT2D eigenvalue weighted by molar-refractivity contribution is -0.118. The summed E-state index contributed by atoms with van der Waals surface area (Å²) in [6.45, 7) is 8.47. The van der Waals surface area contributed by atoms with Crippen LogP contribution in [0.5, 0.6) is 0 Å². The van der Waals surface area contributed by atoms with Crippen LogP contribution in [0.3, 0.4) is 0 Å². The van der Waals surface area contributed by atoms with Crippen molar-refractivity contribution in [3.63, 3.8) is 0 Å². The number of benzene rings is 2. The summed E-state index contributed by atoms with van der Waals surface area (Å²) in [5, 5.41) is 8.06. The third kappa shape index (κ3) is 5.63. The van der Waals surface area contributed by atoms with Crippen LogP contribution in [0, 0.1) is 13.8 Å². The Morgan fingerprint density at radius 1 is 1.10 bits per heavy atom. The zero-order valence-corrected chi connectivity index (χ0v) is 18.5. The van der Waals surface area contributed by atoms with Gasteiger partial charge in [0.2, 0.25) is 5.91 Å². The Kier molecular flexibility index (Phi) is 6.95. The molecular weight excluding hydrogens is 392 g/mol. The summed E-state index contributed by atoms with van der Waals surface area (Å²) in [5.74, 6) is -0.502. The largest absolute Gasteiger partial charge is 0.362 e. The third-order valence-electron chi connectivity index (χ3n) is 5.23. The number of hydrogen-bond donors (Lipinski definition) is 3. The van der Waals surface area contributed by atoms with E-state index in [1.54, 1.807) is 0 Å². The Morgan fingerprint density at radius 2 is 1.87 bits per heavy atom. The van der Waals surface area contributed by atoms with Crippen molar-refractivity contribution in [2.45, 2.75) is 46.6 Å². The van der Waals surface area contributed by atoms with Crippen LogP contribution in [0.2, 0.25) is 0 Å². The van der Waals surface area contributed by atoms with Gasteiger partial charge in [0.1, 0.15) is 0 Å². The molecule has 164 valence electrons. The monoisotopic (exact) mass is 422 g/mol. The fourth-order valence-corrected chi connectivity index (χ4v) is 3.86. The van der Waals surface area contributed by atoms with Gasteiger partial charge >= 0.3 is 6.03 Å². The zero-order chi connectivity index (χ0) is 22.5. The van der Waals surface area contributed by atoms with Crippen LogP contribution >= 0.6 is 0 Å². The molecule has 0 aliphatic carbocycles. The first-order valence-corrected chi connectivity index (χ1v) is 10.6. The summed E-state index contributed by atoms with van der Waals surface area (Å²) in [5.41, 5.74) is 5.15. The third-order valence-corrected chi connectivity index (χ3v) is 5.23. The molecule has 0 bridgehead atoms. The second kappa shape index (κ2) is 9.64. The lowest BCUT2D eigenvalue weighted by Crippen LogP contribution is -2.43. The summed E-state index contributed by atoms with van der Waals surface area (Å²) in [4.78, 5) is 39.3. The highest BCUT2D eigenvalue weighted by Gasteiger charge is 2.24. The molecule has 0 spiro atoms. The van der Waals surface area contributed by atoms with Gasteiger partial charge in [0, 0.05) is 29.5 Å². The van der Waals surface area contributed by atoms with E-state index in [-0.39, 0.29) is 18.5 Å². The standard InChI is InChI=1S/C24H30N4O3/c1-15(2)25-23(30)19-7-5-9-21-18(19)8-6-12-28(21)14-22(29)27-24(31)26-20-11-10-16(3)13-17(20)4/h5,7,9-11,13,15H,6,8,12,14H2,1-4H3,(H,25,30)(H2,26,27,29,31). The normalized spacial score (nSPS) is 12.9. The van der Waals surface area contributed by atoms with E-state index < -0.39 is 11.9 Å². The van der Waals surface area contributed by atoms with Gasteiger partial charge in [0.15, 0.2) is 0 Å². The van der Waals surface area contributed by atoms with Gasteiger partial charge in [-0.1, -0.05) is 23.8 Å². The number of urea groups is 1. The first kappa shape index (κ1) is 22.3. The number of rotatable bonds is 5. The van der Waals surface area contributed by atoms with E-state index in [9.17, 15) is 14.4 Å². The lowest BCUT2D eigenvalue weighted by atomic mass is 9.95. The van der Waals surface area contributed by atoms with Gasteiger partial charge in [0.05, 0.1) is 6.54 Å². The molecule has 4 amide bonds. The number of hydrogen-bond acceptors (Lipinski definition) is 4. The quantitative estimate of drug-likeness (QED) is 0.687. The minimum Gasteiger partial charge on any atom is -0.362 e. The molecule has 2 aromatic rings. The van der Waals surface area contributed by atoms with E-state index in [0.29, 0.717) is 17.8 Å². The molecule has 0 atom stereocenters. The van der Waals surface area contributed by atoms with Crippen molar-refractivity contribution in [2.75, 3.05) is 23.3 Å². The highest BCUT2D eigenvalue weighted by Crippen LogP contribution is 2.29. The molecule has 0 saturated carbocycles. The van der Waals surface area contributed by atoms with E-state index in [2.05, 4.69) is 16.0 Å². The maximum absolute atomic E-state index is 12.6. The Morgan fingerprint density at radius 3 is 2.58 bits per heavy atom. The Hall–Kier alpha value is -3.35. The van der Waals surface area contributed by atoms with E-state index >= 15 is 0 Å². The summed E-state index contributed by atoms with van der Waals surface area (Å²) in [7, 11) is 0. The molecule has 0 radical (unpaired) electrons. The summed E-state index contributed by atoms with van der Waals surface area (Å²) < 4.78 is 0. The molecule has 0 saturated heterocycles. The highest BCUT2D eigenvalue weighted by molar-refractivity contribution is 6.03.